The van der Waals surface area contributed by atoms with Gasteiger partial charge in [0.05, 0.1) is 28.5 Å². The highest BCUT2D eigenvalue weighted by atomic mass is 32.2. The van der Waals surface area contributed by atoms with Crippen molar-refractivity contribution < 1.29 is 26.0 Å². The highest BCUT2D eigenvalue weighted by Crippen LogP contribution is 2.21. The molecular weight excluding hydrogens is 417 g/mol. The lowest BCUT2D eigenvalue weighted by atomic mass is 10.2. The number of sulfonamides is 1. The fraction of sp³-hybridized carbons (Fsp3) is 0.333. The van der Waals surface area contributed by atoms with Gasteiger partial charge in [0, 0.05) is 11.4 Å². The number of carbonyl (C=O) groups excluding carboxylic acids is 1. The van der Waals surface area contributed by atoms with Crippen LogP contribution in [-0.4, -0.2) is 45.3 Å². The quantitative estimate of drug-likeness (QED) is 0.699. The van der Waals surface area contributed by atoms with Crippen LogP contribution < -0.4 is 10.0 Å². The van der Waals surface area contributed by atoms with Gasteiger partial charge in [-0.15, -0.1) is 11.3 Å². The van der Waals surface area contributed by atoms with Gasteiger partial charge in [-0.1, -0.05) is 0 Å². The number of sulfone groups is 1. The van der Waals surface area contributed by atoms with E-state index in [2.05, 4.69) is 15.0 Å². The first-order chi connectivity index (χ1) is 12.6. The zero-order valence-electron chi connectivity index (χ0n) is 13.9. The Kier molecular flexibility index (Phi) is 5.49. The second-order valence-corrected chi connectivity index (χ2v) is 10.8. The molecule has 8 nitrogen and oxygen atoms in total. The van der Waals surface area contributed by atoms with E-state index in [1.165, 1.54) is 5.38 Å². The summed E-state index contributed by atoms with van der Waals surface area (Å²) >= 11 is 1.01. The first kappa shape index (κ1) is 19.7. The molecule has 1 fully saturated rings. The molecule has 2 heterocycles. The number of hydrogen-bond acceptors (Lipinski definition) is 7. The topological polar surface area (TPSA) is 122 Å². The number of carbonyl (C=O) groups is 1. The smallest absolute Gasteiger partial charge is 0.263 e. The lowest BCUT2D eigenvalue weighted by Crippen LogP contribution is -2.36. The number of hydrogen-bond donors (Lipinski definition) is 2. The maximum atomic E-state index is 12.9. The maximum absolute atomic E-state index is 12.9. The molecule has 1 aromatic heterocycles. The number of rotatable bonds is 6. The third kappa shape index (κ3) is 5.23. The molecule has 1 aliphatic rings. The number of amides is 1. The van der Waals surface area contributed by atoms with Crippen LogP contribution in [0, 0.1) is 5.82 Å². The van der Waals surface area contributed by atoms with Gasteiger partial charge >= 0.3 is 0 Å². The number of aromatic nitrogens is 1. The summed E-state index contributed by atoms with van der Waals surface area (Å²) in [7, 11) is -7.00. The molecule has 1 saturated heterocycles. The summed E-state index contributed by atoms with van der Waals surface area (Å²) < 4.78 is 62.5. The Bertz CT molecular complexity index is 1050. The maximum Gasteiger partial charge on any atom is 0.263 e. The average molecular weight is 434 g/mol. The normalized spacial score (nSPS) is 18.9. The Morgan fingerprint density at radius 1 is 1.30 bits per heavy atom. The molecule has 0 aliphatic carbocycles. The average Bonchev–Trinajstić information content (AvgIpc) is 3.13. The van der Waals surface area contributed by atoms with Crippen molar-refractivity contribution in [2.45, 2.75) is 23.8 Å². The lowest BCUT2D eigenvalue weighted by molar-refractivity contribution is -0.121. The van der Waals surface area contributed by atoms with E-state index < -0.39 is 31.7 Å². The lowest BCUT2D eigenvalue weighted by Gasteiger charge is -2.09. The number of anilines is 1. The fourth-order valence-electron chi connectivity index (χ4n) is 2.57. The summed E-state index contributed by atoms with van der Waals surface area (Å²) in [6, 6.07) is 3.94. The number of nitrogens with zero attached hydrogens (tertiary/aromatic N) is 1. The number of nitrogens with one attached hydrogen (secondary N) is 2. The van der Waals surface area contributed by atoms with Gasteiger partial charge in [0.15, 0.2) is 15.0 Å². The Hall–Kier alpha value is -2.05. The van der Waals surface area contributed by atoms with E-state index >= 15 is 0 Å². The van der Waals surface area contributed by atoms with E-state index in [1.54, 1.807) is 0 Å². The summed E-state index contributed by atoms with van der Waals surface area (Å²) in [5, 5.41) is 4.25. The summed E-state index contributed by atoms with van der Waals surface area (Å²) in [5.74, 6) is -0.940. The van der Waals surface area contributed by atoms with Gasteiger partial charge in [-0.25, -0.2) is 26.2 Å². The van der Waals surface area contributed by atoms with Gasteiger partial charge in [-0.05, 0) is 30.7 Å². The fourth-order valence-corrected chi connectivity index (χ4v) is 6.21. The largest absolute Gasteiger partial charge is 0.352 e. The van der Waals surface area contributed by atoms with Crippen LogP contribution in [0.25, 0.3) is 0 Å². The summed E-state index contributed by atoms with van der Waals surface area (Å²) in [5.41, 5.74) is 0.357. The van der Waals surface area contributed by atoms with E-state index in [4.69, 9.17) is 0 Å². The summed E-state index contributed by atoms with van der Waals surface area (Å²) in [4.78, 5) is 16.0. The van der Waals surface area contributed by atoms with Gasteiger partial charge in [0.1, 0.15) is 5.82 Å². The van der Waals surface area contributed by atoms with Crippen molar-refractivity contribution >= 4 is 42.2 Å². The van der Waals surface area contributed by atoms with Crippen molar-refractivity contribution in [3.05, 3.63) is 41.2 Å². The van der Waals surface area contributed by atoms with Crippen LogP contribution in [0.4, 0.5) is 9.52 Å². The first-order valence-corrected chi connectivity index (χ1v) is 12.0. The second kappa shape index (κ2) is 7.52. The SMILES string of the molecule is O=C(Cc1csc(NS(=O)(=O)c2ccc(F)cc2)n1)N[C@H]1CCS(=O)(=O)C1. The molecule has 1 aromatic carbocycles. The van der Waals surface area contributed by atoms with E-state index in [0.717, 1.165) is 35.6 Å². The molecule has 27 heavy (non-hydrogen) atoms. The number of benzene rings is 1. The van der Waals surface area contributed by atoms with Crippen LogP contribution in [0.5, 0.6) is 0 Å². The van der Waals surface area contributed by atoms with Crippen LogP contribution in [0.3, 0.4) is 0 Å². The molecule has 2 aromatic rings. The standard InChI is InChI=1S/C15H16FN3O5S3/c16-10-1-3-13(4-2-10)27(23,24)19-15-18-12(8-25-15)7-14(20)17-11-5-6-26(21,22)9-11/h1-4,8,11H,5-7,9H2,(H,17,20)(H,18,19)/t11-/m0/s1. The van der Waals surface area contributed by atoms with Crippen LogP contribution in [0.15, 0.2) is 34.5 Å². The van der Waals surface area contributed by atoms with Gasteiger partial charge < -0.3 is 5.32 Å². The second-order valence-electron chi connectivity index (χ2n) is 6.05. The highest BCUT2D eigenvalue weighted by molar-refractivity contribution is 7.93. The molecular formula is C15H16FN3O5S3. The molecule has 0 unspecified atom stereocenters. The highest BCUT2D eigenvalue weighted by Gasteiger charge is 2.29. The molecule has 1 atom stereocenters. The van der Waals surface area contributed by atoms with Gasteiger partial charge in [0.25, 0.3) is 10.0 Å². The zero-order valence-corrected chi connectivity index (χ0v) is 16.3. The van der Waals surface area contributed by atoms with Crippen LogP contribution in [0.1, 0.15) is 12.1 Å². The van der Waals surface area contributed by atoms with E-state index in [0.29, 0.717) is 12.1 Å². The van der Waals surface area contributed by atoms with Crippen molar-refractivity contribution in [1.82, 2.24) is 10.3 Å². The zero-order chi connectivity index (χ0) is 19.7. The number of halogens is 1. The molecule has 0 radical (unpaired) electrons. The van der Waals surface area contributed by atoms with Crippen molar-refractivity contribution in [2.75, 3.05) is 16.2 Å². The molecule has 1 aliphatic heterocycles. The van der Waals surface area contributed by atoms with Gasteiger partial charge in [0.2, 0.25) is 5.91 Å². The molecule has 0 spiro atoms. The van der Waals surface area contributed by atoms with Gasteiger partial charge in [-0.3, -0.25) is 9.52 Å². The molecule has 0 saturated carbocycles. The summed E-state index contributed by atoms with van der Waals surface area (Å²) in [6.07, 6.45) is 0.291. The minimum absolute atomic E-state index is 0.0595. The Morgan fingerprint density at radius 2 is 2.00 bits per heavy atom. The van der Waals surface area contributed by atoms with E-state index in [9.17, 15) is 26.0 Å². The van der Waals surface area contributed by atoms with Crippen molar-refractivity contribution in [3.63, 3.8) is 0 Å². The molecule has 3 rings (SSSR count). The van der Waals surface area contributed by atoms with Crippen molar-refractivity contribution in [1.29, 1.82) is 0 Å². The summed E-state index contributed by atoms with van der Waals surface area (Å²) in [6.45, 7) is 0. The van der Waals surface area contributed by atoms with Gasteiger partial charge in [-0.2, -0.15) is 0 Å². The molecule has 146 valence electrons. The predicted molar refractivity (Wildman–Crippen MR) is 98.2 cm³/mol. The van der Waals surface area contributed by atoms with E-state index in [1.807, 2.05) is 0 Å². The molecule has 0 bridgehead atoms. The predicted octanol–water partition coefficient (Wildman–Crippen LogP) is 0.929. The van der Waals surface area contributed by atoms with Crippen molar-refractivity contribution in [3.8, 4) is 0 Å². The third-order valence-electron chi connectivity index (χ3n) is 3.84. The van der Waals surface area contributed by atoms with E-state index in [-0.39, 0.29) is 33.9 Å². The van der Waals surface area contributed by atoms with Crippen LogP contribution in [-0.2, 0) is 31.1 Å². The molecule has 12 heteroatoms. The monoisotopic (exact) mass is 433 g/mol. The minimum atomic E-state index is -3.91. The first-order valence-electron chi connectivity index (χ1n) is 7.85. The third-order valence-corrected chi connectivity index (χ3v) is 7.90. The Morgan fingerprint density at radius 3 is 2.63 bits per heavy atom. The van der Waals surface area contributed by atoms with Crippen molar-refractivity contribution in [2.24, 2.45) is 0 Å². The van der Waals surface area contributed by atoms with Crippen LogP contribution >= 0.6 is 11.3 Å². The molecule has 2 N–H and O–H groups in total. The molecule has 1 amide bonds. The van der Waals surface area contributed by atoms with Crippen LogP contribution in [0.2, 0.25) is 0 Å². The Labute approximate surface area is 159 Å². The number of thiazole rings is 1. The minimum Gasteiger partial charge on any atom is -0.352 e. The Balaban J connectivity index is 1.59.